The summed E-state index contributed by atoms with van der Waals surface area (Å²) in [6.07, 6.45) is 0. The van der Waals surface area contributed by atoms with Gasteiger partial charge >= 0.3 is 6.03 Å². The summed E-state index contributed by atoms with van der Waals surface area (Å²) in [5.41, 5.74) is -0.197. The van der Waals surface area contributed by atoms with Gasteiger partial charge < -0.3 is 15.0 Å². The van der Waals surface area contributed by atoms with Gasteiger partial charge in [0, 0.05) is 12.6 Å². The highest BCUT2D eigenvalue weighted by molar-refractivity contribution is 5.75. The van der Waals surface area contributed by atoms with E-state index in [4.69, 9.17) is 4.74 Å². The van der Waals surface area contributed by atoms with E-state index in [9.17, 15) is 4.79 Å². The van der Waals surface area contributed by atoms with Crippen molar-refractivity contribution in [2.45, 2.75) is 39.3 Å². The maximum Gasteiger partial charge on any atom is 0.318 e. The maximum atomic E-state index is 11.8. The van der Waals surface area contributed by atoms with Gasteiger partial charge in [0.25, 0.3) is 0 Å². The van der Waals surface area contributed by atoms with Crippen molar-refractivity contribution in [3.05, 3.63) is 0 Å². The first-order chi connectivity index (χ1) is 6.43. The van der Waals surface area contributed by atoms with E-state index >= 15 is 0 Å². The van der Waals surface area contributed by atoms with Crippen LogP contribution in [0.25, 0.3) is 0 Å². The van der Waals surface area contributed by atoms with Crippen molar-refractivity contribution in [1.82, 2.24) is 10.2 Å². The zero-order valence-corrected chi connectivity index (χ0v) is 9.46. The number of urea groups is 1. The predicted molar refractivity (Wildman–Crippen MR) is 55.3 cm³/mol. The minimum absolute atomic E-state index is 0.00769. The Morgan fingerprint density at radius 3 is 2.64 bits per heavy atom. The SMILES string of the molecule is CC(C)NC(=O)N1CCOCC1(C)C. The summed E-state index contributed by atoms with van der Waals surface area (Å²) in [5, 5.41) is 2.90. The molecule has 1 fully saturated rings. The lowest BCUT2D eigenvalue weighted by molar-refractivity contribution is -0.0281. The molecule has 1 aliphatic rings. The molecule has 1 heterocycles. The molecule has 0 spiro atoms. The number of carbonyl (C=O) groups excluding carboxylic acids is 1. The van der Waals surface area contributed by atoms with Crippen LogP contribution in [0.5, 0.6) is 0 Å². The van der Waals surface area contributed by atoms with Gasteiger partial charge in [-0.3, -0.25) is 0 Å². The molecule has 0 aromatic heterocycles. The van der Waals surface area contributed by atoms with Crippen LogP contribution >= 0.6 is 0 Å². The molecule has 1 saturated heterocycles. The Labute approximate surface area is 85.6 Å². The van der Waals surface area contributed by atoms with Crippen molar-refractivity contribution in [3.63, 3.8) is 0 Å². The van der Waals surface area contributed by atoms with Crippen LogP contribution in [0.3, 0.4) is 0 Å². The molecule has 2 amide bonds. The molecule has 0 bridgehead atoms. The molecule has 0 atom stereocenters. The molecule has 4 nitrogen and oxygen atoms in total. The number of carbonyl (C=O) groups is 1. The average Bonchev–Trinajstić information content (AvgIpc) is 2.01. The Morgan fingerprint density at radius 1 is 1.50 bits per heavy atom. The third-order valence-electron chi connectivity index (χ3n) is 2.30. The molecule has 1 N–H and O–H groups in total. The third kappa shape index (κ3) is 2.61. The highest BCUT2D eigenvalue weighted by Crippen LogP contribution is 2.18. The lowest BCUT2D eigenvalue weighted by atomic mass is 10.0. The number of morpholine rings is 1. The fourth-order valence-electron chi connectivity index (χ4n) is 1.56. The summed E-state index contributed by atoms with van der Waals surface area (Å²) in [6, 6.07) is 0.189. The lowest BCUT2D eigenvalue weighted by Gasteiger charge is -2.42. The topological polar surface area (TPSA) is 41.6 Å². The number of ether oxygens (including phenoxy) is 1. The van der Waals surface area contributed by atoms with Crippen LogP contribution in [0.2, 0.25) is 0 Å². The summed E-state index contributed by atoms with van der Waals surface area (Å²) < 4.78 is 5.35. The maximum absolute atomic E-state index is 11.8. The van der Waals surface area contributed by atoms with Gasteiger partial charge in [0.2, 0.25) is 0 Å². The first-order valence-corrected chi connectivity index (χ1v) is 5.09. The Kier molecular flexibility index (Phi) is 3.37. The number of hydrogen-bond donors (Lipinski definition) is 1. The molecular weight excluding hydrogens is 180 g/mol. The molecule has 1 rings (SSSR count). The van der Waals surface area contributed by atoms with Gasteiger partial charge in [-0.1, -0.05) is 0 Å². The van der Waals surface area contributed by atoms with Crippen molar-refractivity contribution in [2.75, 3.05) is 19.8 Å². The Morgan fingerprint density at radius 2 is 2.14 bits per heavy atom. The molecule has 0 radical (unpaired) electrons. The van der Waals surface area contributed by atoms with Crippen molar-refractivity contribution < 1.29 is 9.53 Å². The summed E-state index contributed by atoms with van der Waals surface area (Å²) in [6.45, 7) is 9.88. The minimum atomic E-state index is -0.197. The fraction of sp³-hybridized carbons (Fsp3) is 0.900. The lowest BCUT2D eigenvalue weighted by Crippen LogP contribution is -2.59. The zero-order valence-electron chi connectivity index (χ0n) is 9.46. The van der Waals surface area contributed by atoms with Gasteiger partial charge in [-0.15, -0.1) is 0 Å². The fourth-order valence-corrected chi connectivity index (χ4v) is 1.56. The molecule has 0 aromatic rings. The van der Waals surface area contributed by atoms with Crippen LogP contribution in [0.4, 0.5) is 4.79 Å². The molecule has 0 saturated carbocycles. The second kappa shape index (κ2) is 4.17. The monoisotopic (exact) mass is 200 g/mol. The summed E-state index contributed by atoms with van der Waals surface area (Å²) in [4.78, 5) is 13.6. The van der Waals surface area contributed by atoms with Gasteiger partial charge in [0.1, 0.15) is 0 Å². The van der Waals surface area contributed by atoms with E-state index in [0.29, 0.717) is 19.8 Å². The van der Waals surface area contributed by atoms with Gasteiger partial charge in [0.05, 0.1) is 18.8 Å². The number of nitrogens with one attached hydrogen (secondary N) is 1. The van der Waals surface area contributed by atoms with E-state index in [1.54, 1.807) is 0 Å². The Bertz CT molecular complexity index is 214. The molecular formula is C10H20N2O2. The van der Waals surface area contributed by atoms with Crippen LogP contribution in [0.15, 0.2) is 0 Å². The third-order valence-corrected chi connectivity index (χ3v) is 2.30. The quantitative estimate of drug-likeness (QED) is 0.691. The Hall–Kier alpha value is -0.770. The van der Waals surface area contributed by atoms with E-state index in [-0.39, 0.29) is 17.6 Å². The highest BCUT2D eigenvalue weighted by atomic mass is 16.5. The van der Waals surface area contributed by atoms with Crippen LogP contribution in [-0.2, 0) is 4.74 Å². The molecule has 0 aromatic carbocycles. The van der Waals surface area contributed by atoms with E-state index in [0.717, 1.165) is 0 Å². The Balaban J connectivity index is 2.60. The smallest absolute Gasteiger partial charge is 0.318 e. The van der Waals surface area contributed by atoms with Gasteiger partial charge in [-0.05, 0) is 27.7 Å². The first-order valence-electron chi connectivity index (χ1n) is 5.09. The molecule has 4 heteroatoms. The number of hydrogen-bond acceptors (Lipinski definition) is 2. The van der Waals surface area contributed by atoms with Crippen LogP contribution in [0.1, 0.15) is 27.7 Å². The van der Waals surface area contributed by atoms with Gasteiger partial charge in [-0.25, -0.2) is 4.79 Å². The summed E-state index contributed by atoms with van der Waals surface area (Å²) in [7, 11) is 0. The number of amides is 2. The average molecular weight is 200 g/mol. The normalized spacial score (nSPS) is 21.1. The second-order valence-corrected chi connectivity index (χ2v) is 4.62. The van der Waals surface area contributed by atoms with Gasteiger partial charge in [-0.2, -0.15) is 0 Å². The molecule has 0 unspecified atom stereocenters. The van der Waals surface area contributed by atoms with Crippen molar-refractivity contribution in [3.8, 4) is 0 Å². The van der Waals surface area contributed by atoms with E-state index < -0.39 is 0 Å². The van der Waals surface area contributed by atoms with Crippen LogP contribution in [0, 0.1) is 0 Å². The van der Waals surface area contributed by atoms with Crippen molar-refractivity contribution >= 4 is 6.03 Å². The van der Waals surface area contributed by atoms with Crippen LogP contribution < -0.4 is 5.32 Å². The molecule has 82 valence electrons. The van der Waals surface area contributed by atoms with Crippen LogP contribution in [-0.4, -0.2) is 42.3 Å². The van der Waals surface area contributed by atoms with Gasteiger partial charge in [0.15, 0.2) is 0 Å². The highest BCUT2D eigenvalue weighted by Gasteiger charge is 2.34. The first kappa shape index (κ1) is 11.3. The van der Waals surface area contributed by atoms with E-state index in [2.05, 4.69) is 5.32 Å². The van der Waals surface area contributed by atoms with Crippen molar-refractivity contribution in [1.29, 1.82) is 0 Å². The summed E-state index contributed by atoms with van der Waals surface area (Å²) in [5.74, 6) is 0. The number of rotatable bonds is 1. The van der Waals surface area contributed by atoms with Crippen molar-refractivity contribution in [2.24, 2.45) is 0 Å². The van der Waals surface area contributed by atoms with E-state index in [1.165, 1.54) is 0 Å². The minimum Gasteiger partial charge on any atom is -0.377 e. The molecule has 1 aliphatic heterocycles. The van der Waals surface area contributed by atoms with E-state index in [1.807, 2.05) is 32.6 Å². The zero-order chi connectivity index (χ0) is 10.8. The molecule has 14 heavy (non-hydrogen) atoms. The molecule has 0 aliphatic carbocycles. The standard InChI is InChI=1S/C10H20N2O2/c1-8(2)11-9(13)12-5-6-14-7-10(12,3)4/h8H,5-7H2,1-4H3,(H,11,13). The second-order valence-electron chi connectivity index (χ2n) is 4.62. The number of nitrogens with zero attached hydrogens (tertiary/aromatic N) is 1. The predicted octanol–water partition coefficient (Wildman–Crippen LogP) is 1.22. The summed E-state index contributed by atoms with van der Waals surface area (Å²) >= 11 is 0. The largest absolute Gasteiger partial charge is 0.377 e.